The van der Waals surface area contributed by atoms with Crippen LogP contribution in [0, 0.1) is 0 Å². The van der Waals surface area contributed by atoms with Crippen LogP contribution in [-0.2, 0) is 10.0 Å². The molecule has 3 rings (SSSR count). The number of aromatic nitrogens is 1. The summed E-state index contributed by atoms with van der Waals surface area (Å²) in [5.41, 5.74) is 7.17. The Morgan fingerprint density at radius 3 is 2.57 bits per heavy atom. The van der Waals surface area contributed by atoms with Gasteiger partial charge in [-0.15, -0.1) is 0 Å². The van der Waals surface area contributed by atoms with Gasteiger partial charge in [0, 0.05) is 34.9 Å². The Hall–Kier alpha value is -1.53. The van der Waals surface area contributed by atoms with E-state index in [1.165, 1.54) is 0 Å². The van der Waals surface area contributed by atoms with Crippen molar-refractivity contribution in [3.8, 4) is 0 Å². The van der Waals surface area contributed by atoms with Crippen molar-refractivity contribution in [2.24, 2.45) is 0 Å². The molecule has 0 aliphatic carbocycles. The van der Waals surface area contributed by atoms with Gasteiger partial charge >= 0.3 is 0 Å². The van der Waals surface area contributed by atoms with E-state index in [2.05, 4.69) is 4.98 Å². The van der Waals surface area contributed by atoms with Crippen molar-refractivity contribution >= 4 is 26.6 Å². The molecule has 2 heterocycles. The maximum Gasteiger partial charge on any atom is 0.245 e. The number of rotatable bonds is 2. The molecule has 1 aromatic heterocycles. The average molecular weight is 307 g/mol. The lowest BCUT2D eigenvalue weighted by Gasteiger charge is -2.37. The van der Waals surface area contributed by atoms with Crippen LogP contribution in [0.1, 0.15) is 33.1 Å². The maximum absolute atomic E-state index is 13.1. The Kier molecular flexibility index (Phi) is 3.45. The molecule has 1 aliphatic rings. The van der Waals surface area contributed by atoms with Crippen LogP contribution in [-0.4, -0.2) is 29.8 Å². The summed E-state index contributed by atoms with van der Waals surface area (Å²) < 4.78 is 27.8. The number of benzene rings is 1. The first-order valence-corrected chi connectivity index (χ1v) is 8.75. The summed E-state index contributed by atoms with van der Waals surface area (Å²) in [4.78, 5) is 3.35. The summed E-state index contributed by atoms with van der Waals surface area (Å²) >= 11 is 0. The highest BCUT2D eigenvalue weighted by Gasteiger charge is 2.36. The van der Waals surface area contributed by atoms with Crippen molar-refractivity contribution in [2.75, 3.05) is 5.73 Å². The molecular formula is C15H21N3O2S. The zero-order valence-electron chi connectivity index (χ0n) is 12.3. The number of nitrogens with two attached hydrogens (primary N) is 1. The Morgan fingerprint density at radius 1 is 1.24 bits per heavy atom. The third-order valence-corrected chi connectivity index (χ3v) is 6.50. The van der Waals surface area contributed by atoms with Crippen LogP contribution in [0.3, 0.4) is 0 Å². The third-order valence-electron chi connectivity index (χ3n) is 4.34. The molecule has 6 heteroatoms. The molecule has 0 spiro atoms. The molecule has 1 saturated heterocycles. The lowest BCUT2D eigenvalue weighted by Crippen LogP contribution is -2.47. The minimum Gasteiger partial charge on any atom is -0.399 e. The monoisotopic (exact) mass is 307 g/mol. The molecule has 5 nitrogen and oxygen atoms in total. The molecule has 2 atom stereocenters. The van der Waals surface area contributed by atoms with Crippen LogP contribution in [0.25, 0.3) is 10.9 Å². The van der Waals surface area contributed by atoms with Crippen molar-refractivity contribution in [1.29, 1.82) is 0 Å². The summed E-state index contributed by atoms with van der Waals surface area (Å²) in [6.07, 6.45) is 4.48. The van der Waals surface area contributed by atoms with Gasteiger partial charge in [0.1, 0.15) is 4.90 Å². The molecule has 0 unspecified atom stereocenters. The van der Waals surface area contributed by atoms with Crippen molar-refractivity contribution in [2.45, 2.75) is 50.1 Å². The van der Waals surface area contributed by atoms with Gasteiger partial charge in [-0.1, -0.05) is 6.42 Å². The van der Waals surface area contributed by atoms with E-state index in [1.54, 1.807) is 22.6 Å². The van der Waals surface area contributed by atoms with E-state index in [4.69, 9.17) is 5.73 Å². The van der Waals surface area contributed by atoms with Gasteiger partial charge in [0.25, 0.3) is 0 Å². The molecule has 1 aliphatic heterocycles. The molecule has 21 heavy (non-hydrogen) atoms. The maximum atomic E-state index is 13.1. The van der Waals surface area contributed by atoms with E-state index in [0.29, 0.717) is 16.0 Å². The van der Waals surface area contributed by atoms with Crippen LogP contribution in [0.2, 0.25) is 0 Å². The predicted molar refractivity (Wildman–Crippen MR) is 84.5 cm³/mol. The largest absolute Gasteiger partial charge is 0.399 e. The summed E-state index contributed by atoms with van der Waals surface area (Å²) in [7, 11) is -3.51. The predicted octanol–water partition coefficient (Wildman–Crippen LogP) is 2.70. The highest BCUT2D eigenvalue weighted by Crippen LogP contribution is 2.33. The first-order valence-electron chi connectivity index (χ1n) is 7.31. The van der Waals surface area contributed by atoms with Crippen LogP contribution in [0.4, 0.5) is 5.69 Å². The minimum absolute atomic E-state index is 0.0322. The molecular weight excluding hydrogens is 286 g/mol. The fourth-order valence-electron chi connectivity index (χ4n) is 3.31. The Bertz CT molecular complexity index is 756. The van der Waals surface area contributed by atoms with Gasteiger partial charge in [-0.05, 0) is 44.9 Å². The van der Waals surface area contributed by atoms with E-state index < -0.39 is 10.0 Å². The summed E-state index contributed by atoms with van der Waals surface area (Å²) in [6, 6.07) is 5.36. The molecule has 0 radical (unpaired) electrons. The standard InChI is InChI=1S/C15H21N3O2S/c1-10-4-3-5-11(2)18(10)21(19,20)15-9-17-14-7-6-12(16)8-13(14)15/h6-11,17H,3-5,16H2,1-2H3/t10-,11+. The van der Waals surface area contributed by atoms with Crippen molar-refractivity contribution in [3.05, 3.63) is 24.4 Å². The molecule has 2 aromatic rings. The number of nitrogens with zero attached hydrogens (tertiary/aromatic N) is 1. The Balaban J connectivity index is 2.13. The summed E-state index contributed by atoms with van der Waals surface area (Å²) in [5, 5.41) is 0.667. The number of piperidine rings is 1. The molecule has 1 fully saturated rings. The minimum atomic E-state index is -3.51. The Morgan fingerprint density at radius 2 is 1.90 bits per heavy atom. The number of fused-ring (bicyclic) bond motifs is 1. The van der Waals surface area contributed by atoms with E-state index in [0.717, 1.165) is 24.8 Å². The molecule has 3 N–H and O–H groups in total. The van der Waals surface area contributed by atoms with Gasteiger partial charge < -0.3 is 10.7 Å². The number of nitrogen functional groups attached to an aromatic ring is 1. The van der Waals surface area contributed by atoms with Crippen molar-refractivity contribution in [3.63, 3.8) is 0 Å². The van der Waals surface area contributed by atoms with Crippen LogP contribution < -0.4 is 5.73 Å². The summed E-state index contributed by atoms with van der Waals surface area (Å²) in [5.74, 6) is 0. The van der Waals surface area contributed by atoms with Gasteiger partial charge in [-0.2, -0.15) is 4.31 Å². The summed E-state index contributed by atoms with van der Waals surface area (Å²) in [6.45, 7) is 3.97. The normalized spacial score (nSPS) is 24.5. The average Bonchev–Trinajstić information content (AvgIpc) is 2.81. The lowest BCUT2D eigenvalue weighted by atomic mass is 10.0. The van der Waals surface area contributed by atoms with Gasteiger partial charge in [0.2, 0.25) is 10.0 Å². The quantitative estimate of drug-likeness (QED) is 0.837. The fraction of sp³-hybridized carbons (Fsp3) is 0.467. The molecule has 0 amide bonds. The number of nitrogens with one attached hydrogen (secondary N) is 1. The van der Waals surface area contributed by atoms with E-state index in [9.17, 15) is 8.42 Å². The van der Waals surface area contributed by atoms with Crippen molar-refractivity contribution < 1.29 is 8.42 Å². The topological polar surface area (TPSA) is 79.2 Å². The van der Waals surface area contributed by atoms with Gasteiger partial charge in [0.15, 0.2) is 0 Å². The number of hydrogen-bond acceptors (Lipinski definition) is 3. The number of H-pyrrole nitrogens is 1. The molecule has 1 aromatic carbocycles. The van der Waals surface area contributed by atoms with E-state index >= 15 is 0 Å². The SMILES string of the molecule is C[C@@H]1CCC[C@H](C)N1S(=O)(=O)c1c[nH]c2ccc(N)cc12. The number of aromatic amines is 1. The van der Waals surface area contributed by atoms with E-state index in [1.807, 2.05) is 19.9 Å². The zero-order valence-corrected chi connectivity index (χ0v) is 13.2. The first-order chi connectivity index (χ1) is 9.91. The Labute approximate surface area is 125 Å². The fourth-order valence-corrected chi connectivity index (χ4v) is 5.35. The van der Waals surface area contributed by atoms with Gasteiger partial charge in [-0.25, -0.2) is 8.42 Å². The molecule has 0 saturated carbocycles. The second-order valence-corrected chi connectivity index (χ2v) is 7.73. The van der Waals surface area contributed by atoms with Crippen LogP contribution >= 0.6 is 0 Å². The molecule has 114 valence electrons. The van der Waals surface area contributed by atoms with Gasteiger partial charge in [-0.3, -0.25) is 0 Å². The number of sulfonamides is 1. The highest BCUT2D eigenvalue weighted by atomic mass is 32.2. The third kappa shape index (κ3) is 2.32. The van der Waals surface area contributed by atoms with Crippen LogP contribution in [0.5, 0.6) is 0 Å². The van der Waals surface area contributed by atoms with Crippen molar-refractivity contribution in [1.82, 2.24) is 9.29 Å². The smallest absolute Gasteiger partial charge is 0.245 e. The number of hydrogen-bond donors (Lipinski definition) is 2. The lowest BCUT2D eigenvalue weighted by molar-refractivity contribution is 0.204. The highest BCUT2D eigenvalue weighted by molar-refractivity contribution is 7.89. The van der Waals surface area contributed by atoms with E-state index in [-0.39, 0.29) is 12.1 Å². The number of anilines is 1. The second-order valence-electron chi connectivity index (χ2n) is 5.92. The van der Waals surface area contributed by atoms with Gasteiger partial charge in [0.05, 0.1) is 0 Å². The first kappa shape index (κ1) is 14.4. The molecule has 0 bridgehead atoms. The second kappa shape index (κ2) is 5.03. The van der Waals surface area contributed by atoms with Crippen LogP contribution in [0.15, 0.2) is 29.3 Å². The zero-order chi connectivity index (χ0) is 15.2.